The van der Waals surface area contributed by atoms with E-state index in [1.807, 2.05) is 88.3 Å². The van der Waals surface area contributed by atoms with Crippen molar-refractivity contribution < 1.29 is 57.1 Å². The third-order valence-electron chi connectivity index (χ3n) is 12.5. The standard InChI is InChI=1S/2C22H25N2.C18H17N2.2Ir/c1-15(2)19-12-9-13-20(16(3)4)21(19)24-14-17(5)23-22(24)18-10-7-6-8-11-18;1-15(2)19-12-9-13-20(16(3)4)21(19)24-17(5)14-23-22(24)18-10-7-6-8-11-18;1-13-6-5-7-14(2)17(13)20-11-10-19-12-15-8-3-4-9-16(15)18(19)20;;/h2*6-10,12-16H,1-5H3;3-11H,12H2,1-2H3;;/q2*-1;+1;;/i5D3;;1D3,2D3;;. The molecule has 0 N–H and O–H groups in total. The van der Waals surface area contributed by atoms with Crippen LogP contribution in [-0.2, 0) is 46.8 Å². The van der Waals surface area contributed by atoms with Crippen molar-refractivity contribution in [1.29, 1.82) is 0 Å². The van der Waals surface area contributed by atoms with Gasteiger partial charge in [-0.2, -0.15) is 4.57 Å². The number of hydrogen-bond donors (Lipinski definition) is 0. The Morgan fingerprint density at radius 2 is 1.10 bits per heavy atom. The van der Waals surface area contributed by atoms with E-state index >= 15 is 0 Å². The van der Waals surface area contributed by atoms with Crippen LogP contribution in [0.5, 0.6) is 0 Å². The second-order valence-electron chi connectivity index (χ2n) is 18.6. The topological polar surface area (TPSA) is 44.5 Å². The molecule has 0 atom stereocenters. The Morgan fingerprint density at radius 3 is 1.63 bits per heavy atom. The summed E-state index contributed by atoms with van der Waals surface area (Å²) in [5, 5.41) is 0. The molecule has 0 unspecified atom stereocenters. The summed E-state index contributed by atoms with van der Waals surface area (Å²) in [6, 6.07) is 47.4. The van der Waals surface area contributed by atoms with Gasteiger partial charge in [0.1, 0.15) is 24.6 Å². The van der Waals surface area contributed by atoms with Gasteiger partial charge in [-0.1, -0.05) is 128 Å². The van der Waals surface area contributed by atoms with Crippen LogP contribution in [0.25, 0.3) is 51.2 Å². The number of nitrogens with zero attached hydrogens (tertiary/aromatic N) is 6. The van der Waals surface area contributed by atoms with Gasteiger partial charge in [0, 0.05) is 93.3 Å². The minimum atomic E-state index is -2.42. The first-order chi connectivity index (χ1) is 36.4. The maximum absolute atomic E-state index is 7.89. The van der Waals surface area contributed by atoms with E-state index in [1.165, 1.54) is 46.1 Å². The number of rotatable bonds is 9. The Morgan fingerprint density at radius 1 is 0.571 bits per heavy atom. The van der Waals surface area contributed by atoms with Crippen LogP contribution in [0.2, 0.25) is 0 Å². The first-order valence-corrected chi connectivity index (χ1v) is 23.6. The molecule has 0 amide bonds. The minimum Gasteiger partial charge on any atom is -0.339 e. The molecule has 6 aromatic carbocycles. The van der Waals surface area contributed by atoms with E-state index in [9.17, 15) is 0 Å². The van der Waals surface area contributed by atoms with Gasteiger partial charge in [0.05, 0.1) is 17.2 Å². The Kier molecular flexibility index (Phi) is 14.1. The number of para-hydroxylation sites is 3. The van der Waals surface area contributed by atoms with Crippen molar-refractivity contribution in [2.45, 2.75) is 113 Å². The normalized spacial score (nSPS) is 13.8. The van der Waals surface area contributed by atoms with E-state index in [4.69, 9.17) is 17.3 Å². The quantitative estimate of drug-likeness (QED) is 0.107. The fourth-order valence-corrected chi connectivity index (χ4v) is 9.16. The molecule has 0 saturated carbocycles. The van der Waals surface area contributed by atoms with Crippen LogP contribution in [0, 0.1) is 39.6 Å². The molecule has 6 nitrogen and oxygen atoms in total. The van der Waals surface area contributed by atoms with Gasteiger partial charge in [0.15, 0.2) is 0 Å². The molecule has 1 aliphatic rings. The van der Waals surface area contributed by atoms with Crippen molar-refractivity contribution >= 4 is 0 Å². The Hall–Kier alpha value is -5.75. The molecular weight excluding hydrogens is 1210 g/mol. The van der Waals surface area contributed by atoms with E-state index < -0.39 is 20.6 Å². The molecule has 70 heavy (non-hydrogen) atoms. The van der Waals surface area contributed by atoms with Crippen LogP contribution >= 0.6 is 0 Å². The smallest absolute Gasteiger partial charge is 0.294 e. The summed E-state index contributed by atoms with van der Waals surface area (Å²) in [7, 11) is 0. The summed E-state index contributed by atoms with van der Waals surface area (Å²) >= 11 is 0. The second-order valence-corrected chi connectivity index (χ2v) is 18.6. The zero-order valence-electron chi connectivity index (χ0n) is 50.3. The monoisotopic (exact) mass is 1290 g/mol. The van der Waals surface area contributed by atoms with E-state index in [-0.39, 0.29) is 62.7 Å². The van der Waals surface area contributed by atoms with Crippen molar-refractivity contribution in [1.82, 2.24) is 23.7 Å². The van der Waals surface area contributed by atoms with Crippen molar-refractivity contribution in [2.24, 2.45) is 0 Å². The van der Waals surface area contributed by atoms with Gasteiger partial charge in [0.2, 0.25) is 0 Å². The molecule has 9 aromatic rings. The molecule has 10 rings (SSSR count). The van der Waals surface area contributed by atoms with Crippen LogP contribution in [0.3, 0.4) is 0 Å². The van der Waals surface area contributed by atoms with Gasteiger partial charge in [-0.15, -0.1) is 71.8 Å². The average Bonchev–Trinajstić information content (AvgIpc) is 4.21. The summed E-state index contributed by atoms with van der Waals surface area (Å²) < 4.78 is 78.8. The molecule has 0 spiro atoms. The fourth-order valence-electron chi connectivity index (χ4n) is 9.16. The van der Waals surface area contributed by atoms with Gasteiger partial charge >= 0.3 is 0 Å². The molecule has 364 valence electrons. The predicted molar refractivity (Wildman–Crippen MR) is 281 cm³/mol. The number of aromatic nitrogens is 6. The first-order valence-electron chi connectivity index (χ1n) is 28.1. The fraction of sp³-hybridized carbons (Fsp3) is 0.274. The van der Waals surface area contributed by atoms with Crippen LogP contribution in [-0.4, -0.2) is 23.7 Å². The molecule has 4 heterocycles. The third-order valence-corrected chi connectivity index (χ3v) is 12.5. The van der Waals surface area contributed by atoms with Crippen molar-refractivity contribution in [2.75, 3.05) is 0 Å². The first kappa shape index (κ1) is 42.0. The SMILES string of the molecule is Cc1cnc(-c2[c-]cccc2)n1-c1c(C(C)C)cccc1C(C)C.[2H]C([2H])([2H])c1cccc(C([2H])([2H])[2H])c1-n1cc[n+]2c1-c1ccccc1C2.[2H]C([2H])([2H])c1cn(-c2c(C(C)C)cccc2C(C)C)c(-c2[c-]cccc2)n1.[Ir].[Ir]. The van der Waals surface area contributed by atoms with E-state index in [1.54, 1.807) is 17.0 Å². The number of imidazole rings is 3. The number of aryl methyl sites for hydroxylation is 4. The Balaban J connectivity index is 0.000000189. The third kappa shape index (κ3) is 11.1. The van der Waals surface area contributed by atoms with E-state index in [0.717, 1.165) is 45.3 Å². The van der Waals surface area contributed by atoms with Crippen molar-refractivity contribution in [3.63, 3.8) is 0 Å². The maximum Gasteiger partial charge on any atom is 0.294 e. The van der Waals surface area contributed by atoms with Crippen molar-refractivity contribution in [3.05, 3.63) is 215 Å². The van der Waals surface area contributed by atoms with Crippen LogP contribution in [0.15, 0.2) is 152 Å². The average molecular weight is 1290 g/mol. The van der Waals surface area contributed by atoms with Crippen LogP contribution in [0.4, 0.5) is 0 Å². The molecule has 0 saturated heterocycles. The van der Waals surface area contributed by atoms with Crippen LogP contribution < -0.4 is 4.57 Å². The number of fused-ring (bicyclic) bond motifs is 3. The molecule has 8 heteroatoms. The molecule has 0 aliphatic carbocycles. The molecule has 1 aliphatic heterocycles. The summed E-state index contributed by atoms with van der Waals surface area (Å²) in [6.45, 7) is 13.3. The van der Waals surface area contributed by atoms with Gasteiger partial charge in [0.25, 0.3) is 5.82 Å². The minimum absolute atomic E-state index is 0. The van der Waals surface area contributed by atoms with E-state index in [2.05, 4.69) is 126 Å². The second kappa shape index (κ2) is 23.4. The largest absolute Gasteiger partial charge is 0.339 e. The summed E-state index contributed by atoms with van der Waals surface area (Å²) in [5.74, 6) is 3.86. The predicted octanol–water partition coefficient (Wildman–Crippen LogP) is 15.2. The number of benzene rings is 6. The van der Waals surface area contributed by atoms with Gasteiger partial charge in [-0.05, 0) is 90.6 Å². The van der Waals surface area contributed by atoms with Crippen molar-refractivity contribution in [3.8, 4) is 51.2 Å². The maximum atomic E-state index is 7.89. The summed E-state index contributed by atoms with van der Waals surface area (Å²) in [4.78, 5) is 9.19. The Labute approximate surface area is 457 Å². The summed E-state index contributed by atoms with van der Waals surface area (Å²) in [6.07, 6.45) is 7.22. The zero-order valence-corrected chi connectivity index (χ0v) is 46.1. The molecule has 0 bridgehead atoms. The molecule has 3 aromatic heterocycles. The molecule has 2 radical (unpaired) electrons. The van der Waals surface area contributed by atoms with E-state index in [0.29, 0.717) is 36.0 Å². The molecular formula is C62H67Ir2N6-. The van der Waals surface area contributed by atoms with Gasteiger partial charge in [-0.25, -0.2) is 4.57 Å². The van der Waals surface area contributed by atoms with Gasteiger partial charge in [-0.3, -0.25) is 9.97 Å². The molecule has 0 fully saturated rings. The zero-order chi connectivity index (χ0) is 55.7. The van der Waals surface area contributed by atoms with Crippen LogP contribution in [0.1, 0.15) is 142 Å². The number of hydrogen-bond acceptors (Lipinski definition) is 2. The van der Waals surface area contributed by atoms with Gasteiger partial charge < -0.3 is 9.13 Å². The Bertz CT molecular complexity index is 3410. The summed E-state index contributed by atoms with van der Waals surface area (Å²) in [5.41, 5.74) is 12.8.